The van der Waals surface area contributed by atoms with Gasteiger partial charge in [-0.3, -0.25) is 4.79 Å². The number of nitrogens with zero attached hydrogens (tertiary/aromatic N) is 1. The summed E-state index contributed by atoms with van der Waals surface area (Å²) in [4.78, 5) is 16.2. The van der Waals surface area contributed by atoms with Gasteiger partial charge in [0.1, 0.15) is 11.5 Å². The van der Waals surface area contributed by atoms with Crippen LogP contribution in [0.4, 0.5) is 0 Å². The van der Waals surface area contributed by atoms with Crippen LogP contribution in [0.25, 0.3) is 11.5 Å². The maximum atomic E-state index is 11.8. The second-order valence-electron chi connectivity index (χ2n) is 4.77. The molecule has 0 bridgehead atoms. The van der Waals surface area contributed by atoms with E-state index < -0.39 is 0 Å². The first-order valence-corrected chi connectivity index (χ1v) is 7.00. The summed E-state index contributed by atoms with van der Waals surface area (Å²) in [6.07, 6.45) is 0.190. The summed E-state index contributed by atoms with van der Waals surface area (Å²) in [7, 11) is 3.21. The number of hydrogen-bond acceptors (Lipinski definition) is 5. The minimum Gasteiger partial charge on any atom is -0.497 e. The van der Waals surface area contributed by atoms with Gasteiger partial charge in [0, 0.05) is 19.2 Å². The number of oxazole rings is 1. The average Bonchev–Trinajstić information content (AvgIpc) is 2.88. The second-order valence-corrected chi connectivity index (χ2v) is 4.77. The van der Waals surface area contributed by atoms with Gasteiger partial charge >= 0.3 is 0 Å². The van der Waals surface area contributed by atoms with Gasteiger partial charge in [-0.05, 0) is 31.2 Å². The molecule has 2 rings (SSSR count). The van der Waals surface area contributed by atoms with Crippen molar-refractivity contribution in [1.82, 2.24) is 10.3 Å². The number of hydrogen-bond donors (Lipinski definition) is 1. The first-order chi connectivity index (χ1) is 10.6. The summed E-state index contributed by atoms with van der Waals surface area (Å²) in [5.74, 6) is 1.81. The highest BCUT2D eigenvalue weighted by atomic mass is 16.5. The van der Waals surface area contributed by atoms with Gasteiger partial charge in [-0.1, -0.05) is 0 Å². The highest BCUT2D eigenvalue weighted by Crippen LogP contribution is 2.24. The van der Waals surface area contributed by atoms with Crippen LogP contribution in [-0.4, -0.2) is 38.3 Å². The molecule has 1 aromatic carbocycles. The van der Waals surface area contributed by atoms with Gasteiger partial charge in [-0.25, -0.2) is 4.98 Å². The molecule has 0 unspecified atom stereocenters. The molecule has 0 saturated heterocycles. The van der Waals surface area contributed by atoms with Gasteiger partial charge in [0.2, 0.25) is 11.8 Å². The predicted molar refractivity (Wildman–Crippen MR) is 81.8 cm³/mol. The van der Waals surface area contributed by atoms with Crippen LogP contribution in [0.1, 0.15) is 11.5 Å². The van der Waals surface area contributed by atoms with E-state index in [1.807, 2.05) is 24.3 Å². The lowest BCUT2D eigenvalue weighted by Gasteiger charge is -2.02. The van der Waals surface area contributed by atoms with Gasteiger partial charge in [0.25, 0.3) is 0 Å². The van der Waals surface area contributed by atoms with Gasteiger partial charge < -0.3 is 19.2 Å². The summed E-state index contributed by atoms with van der Waals surface area (Å²) in [5.41, 5.74) is 1.48. The van der Waals surface area contributed by atoms with Crippen molar-refractivity contribution in [2.45, 2.75) is 13.3 Å². The number of nitrogens with one attached hydrogen (secondary N) is 1. The number of amides is 1. The fraction of sp³-hybridized carbons (Fsp3) is 0.375. The van der Waals surface area contributed by atoms with Crippen LogP contribution >= 0.6 is 0 Å². The Morgan fingerprint density at radius 3 is 2.64 bits per heavy atom. The monoisotopic (exact) mass is 304 g/mol. The van der Waals surface area contributed by atoms with E-state index in [0.29, 0.717) is 30.5 Å². The molecule has 0 aliphatic rings. The highest BCUT2D eigenvalue weighted by molar-refractivity contribution is 5.78. The molecule has 1 amide bonds. The Morgan fingerprint density at radius 1 is 1.27 bits per heavy atom. The van der Waals surface area contributed by atoms with Crippen LogP contribution in [0.15, 0.2) is 28.7 Å². The summed E-state index contributed by atoms with van der Waals surface area (Å²) < 4.78 is 15.7. The van der Waals surface area contributed by atoms with Crippen LogP contribution in [-0.2, 0) is 16.0 Å². The summed E-state index contributed by atoms with van der Waals surface area (Å²) in [5, 5.41) is 2.76. The lowest BCUT2D eigenvalue weighted by Crippen LogP contribution is -2.28. The Labute approximate surface area is 129 Å². The molecule has 2 aromatic rings. The maximum absolute atomic E-state index is 11.8. The van der Waals surface area contributed by atoms with Crippen LogP contribution in [0.2, 0.25) is 0 Å². The number of rotatable bonds is 7. The van der Waals surface area contributed by atoms with Crippen molar-refractivity contribution < 1.29 is 18.7 Å². The van der Waals surface area contributed by atoms with Gasteiger partial charge in [0.05, 0.1) is 25.8 Å². The van der Waals surface area contributed by atoms with Gasteiger partial charge in [-0.15, -0.1) is 0 Å². The normalized spacial score (nSPS) is 10.5. The van der Waals surface area contributed by atoms with Crippen molar-refractivity contribution in [3.63, 3.8) is 0 Å². The molecule has 0 fully saturated rings. The van der Waals surface area contributed by atoms with E-state index >= 15 is 0 Å². The largest absolute Gasteiger partial charge is 0.497 e. The molecule has 0 aliphatic heterocycles. The van der Waals surface area contributed by atoms with E-state index in [2.05, 4.69) is 10.3 Å². The SMILES string of the molecule is COCCNC(=O)Cc1nc(-c2ccc(OC)cc2)oc1C. The third-order valence-corrected chi connectivity index (χ3v) is 3.19. The highest BCUT2D eigenvalue weighted by Gasteiger charge is 2.14. The third kappa shape index (κ3) is 4.08. The van der Waals surface area contributed by atoms with Crippen LogP contribution < -0.4 is 10.1 Å². The molecule has 0 atom stereocenters. The zero-order chi connectivity index (χ0) is 15.9. The Morgan fingerprint density at radius 2 is 2.00 bits per heavy atom. The van der Waals surface area contributed by atoms with Crippen molar-refractivity contribution in [2.24, 2.45) is 0 Å². The summed E-state index contributed by atoms with van der Waals surface area (Å²) >= 11 is 0. The number of ether oxygens (including phenoxy) is 2. The molecule has 1 heterocycles. The number of aromatic nitrogens is 1. The topological polar surface area (TPSA) is 73.6 Å². The molecule has 22 heavy (non-hydrogen) atoms. The quantitative estimate of drug-likeness (QED) is 0.792. The van der Waals surface area contributed by atoms with Crippen molar-refractivity contribution in [3.8, 4) is 17.2 Å². The molecular formula is C16H20N2O4. The first-order valence-electron chi connectivity index (χ1n) is 7.00. The minimum absolute atomic E-state index is 0.102. The van der Waals surface area contributed by atoms with E-state index in [1.165, 1.54) is 0 Å². The molecule has 1 aromatic heterocycles. The molecule has 0 radical (unpaired) electrons. The van der Waals surface area contributed by atoms with Gasteiger partial charge in [0.15, 0.2) is 0 Å². The van der Waals surface area contributed by atoms with E-state index in [9.17, 15) is 4.79 Å². The number of carbonyl (C=O) groups is 1. The third-order valence-electron chi connectivity index (χ3n) is 3.19. The number of aryl methyl sites for hydroxylation is 1. The predicted octanol–water partition coefficient (Wildman–Crippen LogP) is 1.96. The van der Waals surface area contributed by atoms with Gasteiger partial charge in [-0.2, -0.15) is 0 Å². The molecule has 6 nitrogen and oxygen atoms in total. The smallest absolute Gasteiger partial charge is 0.226 e. The van der Waals surface area contributed by atoms with E-state index in [0.717, 1.165) is 11.3 Å². The molecule has 0 saturated carbocycles. The Balaban J connectivity index is 2.05. The maximum Gasteiger partial charge on any atom is 0.226 e. The van der Waals surface area contributed by atoms with Crippen LogP contribution in [0.5, 0.6) is 5.75 Å². The number of carbonyl (C=O) groups excluding carboxylic acids is 1. The molecule has 1 N–H and O–H groups in total. The summed E-state index contributed by atoms with van der Waals surface area (Å²) in [6.45, 7) is 2.77. The Kier molecular flexibility index (Phi) is 5.55. The lowest BCUT2D eigenvalue weighted by molar-refractivity contribution is -0.120. The van der Waals surface area contributed by atoms with Crippen LogP contribution in [0, 0.1) is 6.92 Å². The molecule has 0 aliphatic carbocycles. The van der Waals surface area contributed by atoms with Crippen molar-refractivity contribution >= 4 is 5.91 Å². The Bertz CT molecular complexity index is 620. The number of methoxy groups -OCH3 is 2. The zero-order valence-electron chi connectivity index (χ0n) is 13.0. The fourth-order valence-electron chi connectivity index (χ4n) is 1.96. The molecule has 6 heteroatoms. The lowest BCUT2D eigenvalue weighted by atomic mass is 10.2. The Hall–Kier alpha value is -2.34. The average molecular weight is 304 g/mol. The molecular weight excluding hydrogens is 284 g/mol. The fourth-order valence-corrected chi connectivity index (χ4v) is 1.96. The summed E-state index contributed by atoms with van der Waals surface area (Å²) in [6, 6.07) is 7.41. The second kappa shape index (κ2) is 7.61. The zero-order valence-corrected chi connectivity index (χ0v) is 13.0. The van der Waals surface area contributed by atoms with E-state index in [4.69, 9.17) is 13.9 Å². The number of benzene rings is 1. The van der Waals surface area contributed by atoms with E-state index in [-0.39, 0.29) is 12.3 Å². The van der Waals surface area contributed by atoms with Crippen molar-refractivity contribution in [1.29, 1.82) is 0 Å². The molecule has 0 spiro atoms. The van der Waals surface area contributed by atoms with Crippen LogP contribution in [0.3, 0.4) is 0 Å². The standard InChI is InChI=1S/C16H20N2O4/c1-11-14(10-15(19)17-8-9-20-2)18-16(22-11)12-4-6-13(21-3)7-5-12/h4-7H,8-10H2,1-3H3,(H,17,19). The van der Waals surface area contributed by atoms with Crippen molar-refractivity contribution in [3.05, 3.63) is 35.7 Å². The minimum atomic E-state index is -0.102. The molecule has 118 valence electrons. The van der Waals surface area contributed by atoms with Crippen molar-refractivity contribution in [2.75, 3.05) is 27.4 Å². The van der Waals surface area contributed by atoms with E-state index in [1.54, 1.807) is 21.1 Å². The first kappa shape index (κ1) is 16.0.